The number of esters is 1. The Morgan fingerprint density at radius 1 is 1.12 bits per heavy atom. The summed E-state index contributed by atoms with van der Waals surface area (Å²) in [5, 5.41) is 7.24. The Morgan fingerprint density at radius 2 is 1.88 bits per heavy atom. The normalized spacial score (nSPS) is 21.1. The number of amides is 2. The monoisotopic (exact) mass is 463 g/mol. The van der Waals surface area contributed by atoms with E-state index >= 15 is 0 Å². The smallest absolute Gasteiger partial charge is 0.407 e. The summed E-state index contributed by atoms with van der Waals surface area (Å²) in [6, 6.07) is 6.23. The Morgan fingerprint density at radius 3 is 2.56 bits per heavy atom. The molecule has 3 rings (SSSR count). The van der Waals surface area contributed by atoms with Gasteiger partial charge in [0.2, 0.25) is 0 Å². The van der Waals surface area contributed by atoms with Gasteiger partial charge < -0.3 is 25.1 Å². The van der Waals surface area contributed by atoms with Crippen molar-refractivity contribution in [1.29, 1.82) is 0 Å². The van der Waals surface area contributed by atoms with Crippen LogP contribution in [0.2, 0.25) is 5.02 Å². The van der Waals surface area contributed by atoms with Gasteiger partial charge in [-0.2, -0.15) is 0 Å². The molecule has 0 unspecified atom stereocenters. The molecule has 1 aromatic heterocycles. The number of halogens is 1. The number of hydrogen-bond donors (Lipinski definition) is 3. The maximum absolute atomic E-state index is 12.9. The number of aromatic amines is 1. The lowest BCUT2D eigenvalue weighted by Gasteiger charge is -2.36. The van der Waals surface area contributed by atoms with Crippen LogP contribution in [0, 0.1) is 5.92 Å². The highest BCUT2D eigenvalue weighted by molar-refractivity contribution is 6.31. The van der Waals surface area contributed by atoms with E-state index in [1.807, 2.05) is 6.07 Å². The van der Waals surface area contributed by atoms with E-state index < -0.39 is 17.7 Å². The summed E-state index contributed by atoms with van der Waals surface area (Å²) in [6.07, 6.45) is 0.831. The molecule has 0 aliphatic heterocycles. The first-order chi connectivity index (χ1) is 15.1. The summed E-state index contributed by atoms with van der Waals surface area (Å²) in [7, 11) is 0. The van der Waals surface area contributed by atoms with Gasteiger partial charge in [0, 0.05) is 22.0 Å². The van der Waals surface area contributed by atoms with Gasteiger partial charge in [0.15, 0.2) is 0 Å². The predicted molar refractivity (Wildman–Crippen MR) is 122 cm³/mol. The molecule has 2 aromatic rings. The minimum atomic E-state index is -0.663. The molecule has 0 bridgehead atoms. The highest BCUT2D eigenvalue weighted by Gasteiger charge is 2.37. The lowest BCUT2D eigenvalue weighted by molar-refractivity contribution is -0.149. The molecule has 1 saturated carbocycles. The molecule has 1 fully saturated rings. The summed E-state index contributed by atoms with van der Waals surface area (Å²) in [5.41, 5.74) is 0.531. The van der Waals surface area contributed by atoms with Gasteiger partial charge in [0.1, 0.15) is 11.3 Å². The van der Waals surface area contributed by atoms with Crippen molar-refractivity contribution < 1.29 is 23.9 Å². The lowest BCUT2D eigenvalue weighted by atomic mass is 9.82. The van der Waals surface area contributed by atoms with Crippen LogP contribution in [0.15, 0.2) is 24.3 Å². The number of rotatable bonds is 5. The van der Waals surface area contributed by atoms with Crippen LogP contribution in [-0.2, 0) is 14.3 Å². The maximum atomic E-state index is 12.9. The van der Waals surface area contributed by atoms with E-state index in [0.717, 1.165) is 10.9 Å². The molecule has 174 valence electrons. The number of aromatic nitrogens is 1. The summed E-state index contributed by atoms with van der Waals surface area (Å²) in [4.78, 5) is 40.7. The van der Waals surface area contributed by atoms with E-state index in [4.69, 9.17) is 21.1 Å². The van der Waals surface area contributed by atoms with Crippen molar-refractivity contribution in [1.82, 2.24) is 15.6 Å². The molecule has 3 N–H and O–H groups in total. The standard InChI is InChI=1S/C23H30ClN3O5/c1-5-31-21(29)13-6-8-17(18(11-13)27-22(30)32-23(2,3)4)26-20(28)19-12-14-10-15(24)7-9-16(14)25-19/h7,9-10,12-13,17-18,25H,5-6,8,11H2,1-4H3,(H,26,28)(H,27,30)/t13-,17-,18+/m0/s1. The van der Waals surface area contributed by atoms with Crippen LogP contribution in [0.5, 0.6) is 0 Å². The zero-order valence-electron chi connectivity index (χ0n) is 18.8. The third-order valence-corrected chi connectivity index (χ3v) is 5.55. The van der Waals surface area contributed by atoms with Gasteiger partial charge in [0.25, 0.3) is 5.91 Å². The highest BCUT2D eigenvalue weighted by atomic mass is 35.5. The Labute approximate surface area is 192 Å². The van der Waals surface area contributed by atoms with Crippen molar-refractivity contribution in [3.8, 4) is 0 Å². The molecule has 1 heterocycles. The first kappa shape index (κ1) is 23.9. The van der Waals surface area contributed by atoms with Gasteiger partial charge in [-0.1, -0.05) is 11.6 Å². The zero-order valence-corrected chi connectivity index (χ0v) is 19.5. The number of nitrogens with one attached hydrogen (secondary N) is 3. The number of H-pyrrole nitrogens is 1. The SMILES string of the molecule is CCOC(=O)[C@H]1CC[C@H](NC(=O)c2cc3cc(Cl)ccc3[nH]2)[C@H](NC(=O)OC(C)(C)C)C1. The van der Waals surface area contributed by atoms with Gasteiger partial charge in [0.05, 0.1) is 18.6 Å². The minimum absolute atomic E-state index is 0.291. The van der Waals surface area contributed by atoms with E-state index in [0.29, 0.717) is 36.6 Å². The van der Waals surface area contributed by atoms with Gasteiger partial charge >= 0.3 is 12.1 Å². The molecular formula is C23H30ClN3O5. The number of fused-ring (bicyclic) bond motifs is 1. The number of carbonyl (C=O) groups is 3. The second-order valence-corrected chi connectivity index (χ2v) is 9.45. The van der Waals surface area contributed by atoms with Crippen molar-refractivity contribution in [3.05, 3.63) is 35.0 Å². The van der Waals surface area contributed by atoms with Crippen LogP contribution in [-0.4, -0.2) is 47.2 Å². The van der Waals surface area contributed by atoms with Gasteiger partial charge in [-0.25, -0.2) is 4.79 Å². The van der Waals surface area contributed by atoms with Crippen molar-refractivity contribution in [2.75, 3.05) is 6.61 Å². The fourth-order valence-electron chi connectivity index (χ4n) is 3.91. The van der Waals surface area contributed by atoms with Crippen molar-refractivity contribution in [2.45, 2.75) is 64.6 Å². The molecule has 2 amide bonds. The van der Waals surface area contributed by atoms with Crippen LogP contribution < -0.4 is 10.6 Å². The number of hydrogen-bond acceptors (Lipinski definition) is 5. The Kier molecular flexibility index (Phi) is 7.33. The predicted octanol–water partition coefficient (Wildman–Crippen LogP) is 4.18. The molecule has 32 heavy (non-hydrogen) atoms. The van der Waals surface area contributed by atoms with Crippen LogP contribution >= 0.6 is 11.6 Å². The molecule has 0 spiro atoms. The molecule has 8 nitrogen and oxygen atoms in total. The third kappa shape index (κ3) is 6.16. The third-order valence-electron chi connectivity index (χ3n) is 5.32. The van der Waals surface area contributed by atoms with Crippen LogP contribution in [0.4, 0.5) is 4.79 Å². The van der Waals surface area contributed by atoms with E-state index in [2.05, 4.69) is 15.6 Å². The first-order valence-electron chi connectivity index (χ1n) is 10.8. The number of ether oxygens (including phenoxy) is 2. The Bertz CT molecular complexity index is 997. The molecule has 3 atom stereocenters. The second-order valence-electron chi connectivity index (χ2n) is 9.01. The highest BCUT2D eigenvalue weighted by Crippen LogP contribution is 2.27. The fourth-order valence-corrected chi connectivity index (χ4v) is 4.09. The quantitative estimate of drug-likeness (QED) is 0.576. The Hall–Kier alpha value is -2.74. The molecule has 1 aliphatic carbocycles. The summed E-state index contributed by atoms with van der Waals surface area (Å²) in [5.74, 6) is -0.938. The summed E-state index contributed by atoms with van der Waals surface area (Å²) < 4.78 is 10.5. The van der Waals surface area contributed by atoms with E-state index in [1.165, 1.54) is 0 Å². The number of alkyl carbamates (subject to hydrolysis) is 1. The average molecular weight is 464 g/mol. The largest absolute Gasteiger partial charge is 0.466 e. The maximum Gasteiger partial charge on any atom is 0.407 e. The number of carbonyl (C=O) groups excluding carboxylic acids is 3. The van der Waals surface area contributed by atoms with Crippen molar-refractivity contribution >= 4 is 40.5 Å². The van der Waals surface area contributed by atoms with E-state index in [1.54, 1.807) is 45.9 Å². The van der Waals surface area contributed by atoms with E-state index in [-0.39, 0.29) is 23.8 Å². The summed E-state index contributed by atoms with van der Waals surface area (Å²) >= 11 is 6.03. The van der Waals surface area contributed by atoms with Crippen LogP contribution in [0.25, 0.3) is 10.9 Å². The van der Waals surface area contributed by atoms with Crippen molar-refractivity contribution in [2.24, 2.45) is 5.92 Å². The first-order valence-corrected chi connectivity index (χ1v) is 11.2. The molecule has 9 heteroatoms. The summed E-state index contributed by atoms with van der Waals surface area (Å²) in [6.45, 7) is 7.38. The minimum Gasteiger partial charge on any atom is -0.466 e. The van der Waals surface area contributed by atoms with Gasteiger partial charge in [-0.15, -0.1) is 0 Å². The fraction of sp³-hybridized carbons (Fsp3) is 0.522. The van der Waals surface area contributed by atoms with Crippen molar-refractivity contribution in [3.63, 3.8) is 0 Å². The molecule has 1 aromatic carbocycles. The molecule has 0 saturated heterocycles. The van der Waals surface area contributed by atoms with Crippen LogP contribution in [0.1, 0.15) is 57.4 Å². The van der Waals surface area contributed by atoms with Gasteiger partial charge in [-0.05, 0) is 71.2 Å². The van der Waals surface area contributed by atoms with Gasteiger partial charge in [-0.3, -0.25) is 9.59 Å². The Balaban J connectivity index is 1.74. The van der Waals surface area contributed by atoms with Crippen LogP contribution in [0.3, 0.4) is 0 Å². The molecule has 0 radical (unpaired) electrons. The number of benzene rings is 1. The molecular weight excluding hydrogens is 434 g/mol. The van der Waals surface area contributed by atoms with E-state index in [9.17, 15) is 14.4 Å². The average Bonchev–Trinajstić information content (AvgIpc) is 3.11. The zero-order chi connectivity index (χ0) is 23.5. The lowest BCUT2D eigenvalue weighted by Crippen LogP contribution is -2.56. The second kappa shape index (κ2) is 9.81. The molecule has 1 aliphatic rings. The topological polar surface area (TPSA) is 110 Å².